The minimum Gasteiger partial charge on any atom is -0.487 e. The van der Waals surface area contributed by atoms with E-state index < -0.39 is 0 Å². The fourth-order valence-electron chi connectivity index (χ4n) is 7.24. The molecule has 4 aromatic rings. The van der Waals surface area contributed by atoms with Crippen LogP contribution < -0.4 is 14.8 Å². The molecule has 1 aromatic carbocycles. The summed E-state index contributed by atoms with van der Waals surface area (Å²) >= 11 is 0. The van der Waals surface area contributed by atoms with E-state index >= 15 is 0 Å². The van der Waals surface area contributed by atoms with Gasteiger partial charge in [-0.1, -0.05) is 6.07 Å². The van der Waals surface area contributed by atoms with Gasteiger partial charge in [-0.2, -0.15) is 10.4 Å². The predicted molar refractivity (Wildman–Crippen MR) is 211 cm³/mol. The van der Waals surface area contributed by atoms with Crippen LogP contribution in [0.2, 0.25) is 0 Å². The highest BCUT2D eigenvalue weighted by Crippen LogP contribution is 2.35. The second-order valence-electron chi connectivity index (χ2n) is 14.5. The molecule has 308 valence electrons. The molecular weight excluding hydrogens is 733 g/mol. The first-order valence-electron chi connectivity index (χ1n) is 19.8. The normalized spacial score (nSPS) is 20.5. The Morgan fingerprint density at radius 1 is 0.895 bits per heavy atom. The highest BCUT2D eigenvalue weighted by atomic mass is 16.6. The zero-order valence-electron chi connectivity index (χ0n) is 33.5. The maximum absolute atomic E-state index is 9.73. The maximum atomic E-state index is 9.73. The molecule has 2 fully saturated rings. The number of rotatable bonds is 22. The molecule has 0 bridgehead atoms. The molecule has 17 heteroatoms. The third-order valence-electron chi connectivity index (χ3n) is 9.92. The van der Waals surface area contributed by atoms with Gasteiger partial charge in [-0.05, 0) is 64.2 Å². The lowest BCUT2D eigenvalue weighted by Crippen LogP contribution is -2.51. The maximum Gasteiger partial charge on any atom is 0.257 e. The highest BCUT2D eigenvalue weighted by Gasteiger charge is 2.32. The lowest BCUT2D eigenvalue weighted by atomic mass is 9.89. The molecule has 1 aliphatic carbocycles. The second-order valence-corrected chi connectivity index (χ2v) is 14.5. The number of morpholine rings is 1. The van der Waals surface area contributed by atoms with Crippen molar-refractivity contribution >= 4 is 11.6 Å². The van der Waals surface area contributed by atoms with E-state index in [0.717, 1.165) is 49.9 Å². The molecule has 0 radical (unpaired) electrons. The van der Waals surface area contributed by atoms with Gasteiger partial charge in [0.15, 0.2) is 0 Å². The Bertz CT molecular complexity index is 1800. The number of nitrogens with one attached hydrogen (secondary N) is 1. The van der Waals surface area contributed by atoms with Gasteiger partial charge in [-0.3, -0.25) is 9.58 Å². The van der Waals surface area contributed by atoms with Crippen LogP contribution in [0.1, 0.15) is 58.1 Å². The Labute approximate surface area is 334 Å². The summed E-state index contributed by atoms with van der Waals surface area (Å²) in [4.78, 5) is 15.8. The third kappa shape index (κ3) is 12.6. The molecule has 0 spiro atoms. The van der Waals surface area contributed by atoms with Crippen molar-refractivity contribution < 1.29 is 33.2 Å². The number of hydrogen-bond donors (Lipinski definition) is 1. The van der Waals surface area contributed by atoms with Crippen LogP contribution in [0.25, 0.3) is 11.1 Å². The number of nitrogens with zero attached hydrogens (tertiary/aromatic N) is 9. The van der Waals surface area contributed by atoms with E-state index in [-0.39, 0.29) is 24.4 Å². The first kappa shape index (κ1) is 41.9. The Balaban J connectivity index is 1.07. The van der Waals surface area contributed by atoms with Gasteiger partial charge < -0.3 is 38.5 Å². The molecule has 1 N–H and O–H groups in total. The topological polar surface area (TPSA) is 178 Å². The minimum atomic E-state index is -0.246. The summed E-state index contributed by atoms with van der Waals surface area (Å²) in [7, 11) is 1.65. The van der Waals surface area contributed by atoms with Gasteiger partial charge in [0.2, 0.25) is 5.95 Å². The third-order valence-corrected chi connectivity index (χ3v) is 9.92. The van der Waals surface area contributed by atoms with Gasteiger partial charge in [0.05, 0.1) is 82.8 Å². The molecule has 0 amide bonds. The average molecular weight is 789 g/mol. The molecule has 3 aromatic heterocycles. The quantitative estimate of drug-likeness (QED) is 0.109. The fraction of sp³-hybridized carbons (Fsp3) is 0.600. The van der Waals surface area contributed by atoms with Crippen LogP contribution in [-0.4, -0.2) is 137 Å². The molecule has 1 saturated heterocycles. The van der Waals surface area contributed by atoms with Crippen molar-refractivity contribution in [3.05, 3.63) is 55.0 Å². The van der Waals surface area contributed by atoms with Crippen molar-refractivity contribution in [2.75, 3.05) is 78.4 Å². The van der Waals surface area contributed by atoms with Crippen molar-refractivity contribution in [3.63, 3.8) is 0 Å². The molecular formula is C40H56N10O7. The first-order valence-corrected chi connectivity index (χ1v) is 19.8. The van der Waals surface area contributed by atoms with Crippen LogP contribution in [0.4, 0.5) is 11.6 Å². The van der Waals surface area contributed by atoms with E-state index in [1.165, 1.54) is 6.33 Å². The van der Waals surface area contributed by atoms with E-state index in [9.17, 15) is 5.26 Å². The number of nitriles is 1. The first-order chi connectivity index (χ1) is 27.9. The smallest absolute Gasteiger partial charge is 0.257 e. The molecule has 6 rings (SSSR count). The summed E-state index contributed by atoms with van der Waals surface area (Å²) in [5.74, 6) is 1.33. The molecule has 4 heterocycles. The van der Waals surface area contributed by atoms with Crippen LogP contribution in [0.3, 0.4) is 0 Å². The molecule has 57 heavy (non-hydrogen) atoms. The molecule has 0 unspecified atom stereocenters. The number of hydrogen-bond acceptors (Lipinski definition) is 15. The number of aromatic nitrogens is 7. The number of ether oxygens (including phenoxy) is 7. The summed E-state index contributed by atoms with van der Waals surface area (Å²) in [5.41, 5.74) is 2.70. The van der Waals surface area contributed by atoms with E-state index in [0.29, 0.717) is 94.3 Å². The zero-order valence-corrected chi connectivity index (χ0v) is 33.5. The van der Waals surface area contributed by atoms with Gasteiger partial charge in [-0.25, -0.2) is 19.6 Å². The molecule has 1 aliphatic heterocycles. The van der Waals surface area contributed by atoms with Crippen LogP contribution in [0.5, 0.6) is 11.6 Å². The monoisotopic (exact) mass is 788 g/mol. The van der Waals surface area contributed by atoms with Crippen LogP contribution >= 0.6 is 0 Å². The standard InChI is InChI=1S/C40H56N10O7/c1-29-23-48(24-30(2)56-29)35-7-9-36(10-8-35)50-26-37(39(47-50)55-18-17-54-16-15-53-14-13-52-12-11-51-4)46-40-43-21-34(22-44-40)32-5-6-33(20-41)38(19-32)57-31(3)25-49-28-42-27-45-49/h5-6,19,21-22,26-31,35-36H,7-18,23-25H2,1-4H3,(H,43,44,46)/t29-,30+,31-,35?,36?/m0/s1. The van der Waals surface area contributed by atoms with E-state index in [1.807, 2.05) is 29.9 Å². The lowest BCUT2D eigenvalue weighted by Gasteiger charge is -2.42. The van der Waals surface area contributed by atoms with E-state index in [4.69, 9.17) is 38.3 Å². The van der Waals surface area contributed by atoms with Crippen molar-refractivity contribution in [1.29, 1.82) is 5.26 Å². The zero-order chi connectivity index (χ0) is 39.8. The SMILES string of the molecule is COCCOCCOCCOCCOc1nn(C2CCC(N3C[C@@H](C)O[C@@H](C)C3)CC2)cc1Nc1ncc(-c2ccc(C#N)c(O[C@@H](C)Cn3cncn3)c2)cn1. The summed E-state index contributed by atoms with van der Waals surface area (Å²) in [6, 6.07) is 8.45. The van der Waals surface area contributed by atoms with Crippen LogP contribution in [0, 0.1) is 11.3 Å². The van der Waals surface area contributed by atoms with Crippen molar-refractivity contribution in [2.45, 2.75) is 83.4 Å². The van der Waals surface area contributed by atoms with Gasteiger partial charge in [0, 0.05) is 44.2 Å². The Hall–Kier alpha value is -4.70. The summed E-state index contributed by atoms with van der Waals surface area (Å²) in [5, 5.41) is 22.1. The fourth-order valence-corrected chi connectivity index (χ4v) is 7.24. The van der Waals surface area contributed by atoms with Gasteiger partial charge >= 0.3 is 0 Å². The predicted octanol–water partition coefficient (Wildman–Crippen LogP) is 4.68. The second kappa shape index (κ2) is 21.7. The van der Waals surface area contributed by atoms with E-state index in [1.54, 1.807) is 36.6 Å². The van der Waals surface area contributed by atoms with Gasteiger partial charge in [0.25, 0.3) is 5.88 Å². The largest absolute Gasteiger partial charge is 0.487 e. The molecule has 2 aliphatic rings. The summed E-state index contributed by atoms with van der Waals surface area (Å²) < 4.78 is 43.7. The summed E-state index contributed by atoms with van der Waals surface area (Å²) in [6.07, 6.45) is 13.1. The van der Waals surface area contributed by atoms with Crippen molar-refractivity contribution in [1.82, 2.24) is 39.4 Å². The molecule has 17 nitrogen and oxygen atoms in total. The van der Waals surface area contributed by atoms with Gasteiger partial charge in [-0.15, -0.1) is 5.10 Å². The minimum absolute atomic E-state index is 0.246. The van der Waals surface area contributed by atoms with E-state index in [2.05, 4.69) is 50.2 Å². The number of anilines is 2. The van der Waals surface area contributed by atoms with Crippen molar-refractivity contribution in [2.24, 2.45) is 0 Å². The highest BCUT2D eigenvalue weighted by molar-refractivity contribution is 5.67. The summed E-state index contributed by atoms with van der Waals surface area (Å²) in [6.45, 7) is 12.4. The van der Waals surface area contributed by atoms with Crippen molar-refractivity contribution in [3.8, 4) is 28.8 Å². The molecule has 3 atom stereocenters. The Morgan fingerprint density at radius 3 is 2.21 bits per heavy atom. The van der Waals surface area contributed by atoms with Gasteiger partial charge in [0.1, 0.15) is 42.9 Å². The number of methoxy groups -OCH3 is 1. The lowest BCUT2D eigenvalue weighted by molar-refractivity contribution is -0.0852. The Morgan fingerprint density at radius 2 is 1.56 bits per heavy atom. The Kier molecular flexibility index (Phi) is 16.0. The average Bonchev–Trinajstić information content (AvgIpc) is 3.88. The molecule has 1 saturated carbocycles. The van der Waals surface area contributed by atoms with Crippen LogP contribution in [-0.2, 0) is 30.2 Å². The number of benzene rings is 1. The van der Waals surface area contributed by atoms with Crippen LogP contribution in [0.15, 0.2) is 49.4 Å².